The highest BCUT2D eigenvalue weighted by molar-refractivity contribution is 5.95. The van der Waals surface area contributed by atoms with E-state index in [0.29, 0.717) is 18.7 Å². The average molecular weight is 516 g/mol. The smallest absolute Gasteiger partial charge is 0.336 e. The molecular weight excluding hydrogens is 478 g/mol. The van der Waals surface area contributed by atoms with E-state index >= 15 is 0 Å². The summed E-state index contributed by atoms with van der Waals surface area (Å²) in [6.07, 6.45) is 7.09. The molecule has 0 bridgehead atoms. The monoisotopic (exact) mass is 515 g/mol. The predicted molar refractivity (Wildman–Crippen MR) is 150 cm³/mol. The molecule has 2 aromatic rings. The molecule has 1 heterocycles. The number of benzene rings is 2. The van der Waals surface area contributed by atoms with Gasteiger partial charge in [-0.15, -0.1) is 0 Å². The molecule has 3 rings (SSSR count). The topological polar surface area (TPSA) is 78.9 Å². The second-order valence-electron chi connectivity index (χ2n) is 9.26. The number of amides is 1. The molecule has 0 radical (unpaired) electrons. The zero-order valence-electron chi connectivity index (χ0n) is 22.4. The largest absolute Gasteiger partial charge is 0.471 e. The highest BCUT2D eigenvalue weighted by Crippen LogP contribution is 2.24. The molecule has 1 fully saturated rings. The fraction of sp³-hybridized carbons (Fsp3) is 0.433. The number of azo groups is 1. The molecular formula is C30H37N5O3. The zero-order valence-corrected chi connectivity index (χ0v) is 22.4. The van der Waals surface area contributed by atoms with E-state index in [2.05, 4.69) is 26.9 Å². The number of esters is 1. The van der Waals surface area contributed by atoms with Gasteiger partial charge in [-0.2, -0.15) is 10.2 Å². The van der Waals surface area contributed by atoms with Gasteiger partial charge in [0, 0.05) is 38.3 Å². The summed E-state index contributed by atoms with van der Waals surface area (Å²) >= 11 is 0. The molecule has 200 valence electrons. The second-order valence-corrected chi connectivity index (χ2v) is 9.26. The van der Waals surface area contributed by atoms with Gasteiger partial charge in [0.05, 0.1) is 24.6 Å². The molecule has 0 unspecified atom stereocenters. The van der Waals surface area contributed by atoms with Crippen LogP contribution in [0.15, 0.2) is 64.5 Å². The number of nitrogens with zero attached hydrogens (tertiary/aromatic N) is 5. The third-order valence-electron chi connectivity index (χ3n) is 6.38. The Kier molecular flexibility index (Phi) is 11.5. The standard InChI is InChI=1S/C30H37N5O3/c1-4-6-8-9-29(36)35-20-18-34(19-21-35)27-16-14-26(15-17-27)33-32-25-12-10-24(11-13-25)23-28(31-3)30(37)38-22-7-5-2/h10-17,23H,4-9,18-22H2,1-2H3/b28-23-,33-32?. The molecule has 0 atom stereocenters. The molecule has 0 saturated carbocycles. The Morgan fingerprint density at radius 2 is 1.50 bits per heavy atom. The normalized spacial score (nSPS) is 14.0. The molecule has 8 nitrogen and oxygen atoms in total. The van der Waals surface area contributed by atoms with Crippen LogP contribution in [0.25, 0.3) is 10.9 Å². The third-order valence-corrected chi connectivity index (χ3v) is 6.38. The first kappa shape index (κ1) is 28.6. The van der Waals surface area contributed by atoms with Gasteiger partial charge in [0.2, 0.25) is 5.91 Å². The molecule has 1 aliphatic rings. The van der Waals surface area contributed by atoms with E-state index < -0.39 is 5.97 Å². The Labute approximate surface area is 225 Å². The number of hydrogen-bond donors (Lipinski definition) is 0. The van der Waals surface area contributed by atoms with Crippen LogP contribution in [-0.4, -0.2) is 49.6 Å². The fourth-order valence-electron chi connectivity index (χ4n) is 4.06. The van der Waals surface area contributed by atoms with Gasteiger partial charge in [-0.25, -0.2) is 4.85 Å². The van der Waals surface area contributed by atoms with E-state index in [4.69, 9.17) is 11.3 Å². The molecule has 38 heavy (non-hydrogen) atoms. The second kappa shape index (κ2) is 15.3. The summed E-state index contributed by atoms with van der Waals surface area (Å²) in [5, 5.41) is 8.62. The Balaban J connectivity index is 1.51. The van der Waals surface area contributed by atoms with Crippen LogP contribution in [0, 0.1) is 6.57 Å². The van der Waals surface area contributed by atoms with Crippen molar-refractivity contribution in [2.45, 2.75) is 52.4 Å². The van der Waals surface area contributed by atoms with Crippen LogP contribution in [-0.2, 0) is 14.3 Å². The van der Waals surface area contributed by atoms with Crippen molar-refractivity contribution in [3.05, 3.63) is 71.2 Å². The van der Waals surface area contributed by atoms with Crippen LogP contribution in [0.5, 0.6) is 0 Å². The van der Waals surface area contributed by atoms with Crippen molar-refractivity contribution in [2.75, 3.05) is 37.7 Å². The van der Waals surface area contributed by atoms with E-state index in [1.54, 1.807) is 24.3 Å². The molecule has 2 aromatic carbocycles. The summed E-state index contributed by atoms with van der Waals surface area (Å²) < 4.78 is 5.12. The lowest BCUT2D eigenvalue weighted by atomic mass is 10.1. The number of ether oxygens (including phenoxy) is 1. The van der Waals surface area contributed by atoms with Crippen molar-refractivity contribution < 1.29 is 14.3 Å². The molecule has 1 aliphatic heterocycles. The first-order chi connectivity index (χ1) is 18.5. The van der Waals surface area contributed by atoms with E-state index in [0.717, 1.165) is 75.2 Å². The lowest BCUT2D eigenvalue weighted by Gasteiger charge is -2.36. The van der Waals surface area contributed by atoms with Crippen LogP contribution in [0.3, 0.4) is 0 Å². The summed E-state index contributed by atoms with van der Waals surface area (Å²) in [5.74, 6) is -0.326. The SMILES string of the molecule is [C-]#[N+]/C(=C\c1ccc(N=Nc2ccc(N3CCN(C(=O)CCCCC)CC3)cc2)cc1)C(=O)OCCCC. The van der Waals surface area contributed by atoms with Gasteiger partial charge >= 0.3 is 5.97 Å². The molecule has 0 aliphatic carbocycles. The van der Waals surface area contributed by atoms with Crippen LogP contribution in [0.2, 0.25) is 0 Å². The highest BCUT2D eigenvalue weighted by atomic mass is 16.5. The van der Waals surface area contributed by atoms with E-state index in [-0.39, 0.29) is 11.6 Å². The predicted octanol–water partition coefficient (Wildman–Crippen LogP) is 6.93. The molecule has 0 spiro atoms. The summed E-state index contributed by atoms with van der Waals surface area (Å²) in [7, 11) is 0. The van der Waals surface area contributed by atoms with Gasteiger partial charge < -0.3 is 14.5 Å². The molecule has 0 aromatic heterocycles. The number of carbonyl (C=O) groups is 2. The van der Waals surface area contributed by atoms with Gasteiger partial charge in [0.25, 0.3) is 5.70 Å². The first-order valence-electron chi connectivity index (χ1n) is 13.4. The van der Waals surface area contributed by atoms with Gasteiger partial charge in [0.1, 0.15) is 0 Å². The molecule has 1 amide bonds. The van der Waals surface area contributed by atoms with Crippen molar-refractivity contribution in [1.29, 1.82) is 0 Å². The van der Waals surface area contributed by atoms with Crippen molar-refractivity contribution in [3.8, 4) is 0 Å². The number of piperazine rings is 1. The zero-order chi connectivity index (χ0) is 27.2. The maximum Gasteiger partial charge on any atom is 0.336 e. The Morgan fingerprint density at radius 3 is 2.08 bits per heavy atom. The van der Waals surface area contributed by atoms with E-state index in [1.807, 2.05) is 36.1 Å². The lowest BCUT2D eigenvalue weighted by Crippen LogP contribution is -2.48. The highest BCUT2D eigenvalue weighted by Gasteiger charge is 2.20. The van der Waals surface area contributed by atoms with Crippen LogP contribution in [0.4, 0.5) is 17.1 Å². The van der Waals surface area contributed by atoms with E-state index in [1.165, 1.54) is 6.08 Å². The van der Waals surface area contributed by atoms with Gasteiger partial charge in [-0.3, -0.25) is 9.59 Å². The molecule has 8 heteroatoms. The van der Waals surface area contributed by atoms with Crippen LogP contribution >= 0.6 is 0 Å². The molecule has 1 saturated heterocycles. The Morgan fingerprint density at radius 1 is 0.895 bits per heavy atom. The average Bonchev–Trinajstić information content (AvgIpc) is 2.96. The Hall–Kier alpha value is -3.99. The van der Waals surface area contributed by atoms with Crippen molar-refractivity contribution >= 4 is 35.0 Å². The van der Waals surface area contributed by atoms with Gasteiger partial charge in [0.15, 0.2) is 0 Å². The van der Waals surface area contributed by atoms with Crippen molar-refractivity contribution in [1.82, 2.24) is 4.90 Å². The quantitative estimate of drug-likeness (QED) is 0.101. The number of carbonyl (C=O) groups excluding carboxylic acids is 2. The van der Waals surface area contributed by atoms with Crippen molar-refractivity contribution in [3.63, 3.8) is 0 Å². The Bertz CT molecular complexity index is 1140. The van der Waals surface area contributed by atoms with Gasteiger partial charge in [-0.1, -0.05) is 45.2 Å². The minimum absolute atomic E-state index is 0.0458. The maximum absolute atomic E-state index is 12.4. The number of unbranched alkanes of at least 4 members (excludes halogenated alkanes) is 3. The maximum atomic E-state index is 12.4. The number of rotatable bonds is 12. The van der Waals surface area contributed by atoms with Crippen LogP contribution < -0.4 is 4.90 Å². The summed E-state index contributed by atoms with van der Waals surface area (Å²) in [6.45, 7) is 14.9. The summed E-state index contributed by atoms with van der Waals surface area (Å²) in [4.78, 5) is 32.0. The van der Waals surface area contributed by atoms with Crippen LogP contribution in [0.1, 0.15) is 57.9 Å². The first-order valence-corrected chi connectivity index (χ1v) is 13.4. The molecule has 0 N–H and O–H groups in total. The lowest BCUT2D eigenvalue weighted by molar-refractivity contribution is -0.138. The van der Waals surface area contributed by atoms with Crippen molar-refractivity contribution in [2.24, 2.45) is 10.2 Å². The third kappa shape index (κ3) is 8.84. The fourth-order valence-corrected chi connectivity index (χ4v) is 4.06. The van der Waals surface area contributed by atoms with Gasteiger partial charge in [-0.05, 0) is 60.9 Å². The summed E-state index contributed by atoms with van der Waals surface area (Å²) in [5.41, 5.74) is 3.19. The van der Waals surface area contributed by atoms with E-state index in [9.17, 15) is 9.59 Å². The minimum Gasteiger partial charge on any atom is -0.471 e. The summed E-state index contributed by atoms with van der Waals surface area (Å²) in [6, 6.07) is 15.1. The number of anilines is 1. The minimum atomic E-state index is -0.599. The number of hydrogen-bond acceptors (Lipinski definition) is 6.